The number of azo groups is 1. The monoisotopic (exact) mass is 299 g/mol. The molecule has 1 amide bonds. The third-order valence-corrected chi connectivity index (χ3v) is 3.22. The molecule has 0 aromatic heterocycles. The second kappa shape index (κ2) is 6.89. The third-order valence-electron chi connectivity index (χ3n) is 3.22. The van der Waals surface area contributed by atoms with Crippen LogP contribution < -0.4 is 10.2 Å². The van der Waals surface area contributed by atoms with Crippen LogP contribution in [0.2, 0.25) is 0 Å². The molecule has 116 valence electrons. The van der Waals surface area contributed by atoms with Gasteiger partial charge in [-0.1, -0.05) is 6.08 Å². The Kier molecular flexibility index (Phi) is 4.93. The molecule has 1 aromatic carbocycles. The molecule has 6 nitrogen and oxygen atoms in total. The van der Waals surface area contributed by atoms with Crippen molar-refractivity contribution in [2.24, 2.45) is 10.2 Å². The summed E-state index contributed by atoms with van der Waals surface area (Å²) in [6, 6.07) is 5.68. The average Bonchev–Trinajstić information content (AvgIpc) is 2.46. The van der Waals surface area contributed by atoms with Crippen molar-refractivity contribution in [1.82, 2.24) is 4.90 Å². The van der Waals surface area contributed by atoms with Crippen molar-refractivity contribution in [3.05, 3.63) is 42.6 Å². The molecule has 0 aliphatic carbocycles. The Morgan fingerprint density at radius 2 is 2.09 bits per heavy atom. The van der Waals surface area contributed by atoms with Crippen molar-refractivity contribution < 1.29 is 4.79 Å². The fourth-order valence-corrected chi connectivity index (χ4v) is 1.99. The first kappa shape index (κ1) is 15.8. The van der Waals surface area contributed by atoms with Gasteiger partial charge in [0.1, 0.15) is 5.69 Å². The highest BCUT2D eigenvalue weighted by atomic mass is 16.1. The predicted molar refractivity (Wildman–Crippen MR) is 89.4 cm³/mol. The van der Waals surface area contributed by atoms with Crippen molar-refractivity contribution in [2.45, 2.75) is 13.1 Å². The molecule has 0 saturated carbocycles. The lowest BCUT2D eigenvalue weighted by Crippen LogP contribution is -2.23. The molecule has 6 heteroatoms. The molecule has 1 aromatic rings. The van der Waals surface area contributed by atoms with Crippen LogP contribution in [0.25, 0.3) is 0 Å². The van der Waals surface area contributed by atoms with E-state index in [1.165, 1.54) is 6.92 Å². The zero-order chi connectivity index (χ0) is 16.1. The number of hydrogen-bond donors (Lipinski definition) is 1. The van der Waals surface area contributed by atoms with Gasteiger partial charge in [-0.3, -0.25) is 4.79 Å². The molecule has 0 radical (unpaired) electrons. The Labute approximate surface area is 130 Å². The first-order chi connectivity index (χ1) is 10.5. The molecule has 0 saturated heterocycles. The molecule has 22 heavy (non-hydrogen) atoms. The summed E-state index contributed by atoms with van der Waals surface area (Å²) in [4.78, 5) is 15.3. The summed E-state index contributed by atoms with van der Waals surface area (Å²) in [7, 11) is 5.83. The van der Waals surface area contributed by atoms with Crippen LogP contribution >= 0.6 is 0 Å². The predicted octanol–water partition coefficient (Wildman–Crippen LogP) is 3.14. The van der Waals surface area contributed by atoms with Crippen molar-refractivity contribution >= 4 is 23.0 Å². The van der Waals surface area contributed by atoms with E-state index >= 15 is 0 Å². The summed E-state index contributed by atoms with van der Waals surface area (Å²) < 4.78 is 0. The van der Waals surface area contributed by atoms with Gasteiger partial charge in [0.15, 0.2) is 6.17 Å². The van der Waals surface area contributed by atoms with Gasteiger partial charge < -0.3 is 15.1 Å². The van der Waals surface area contributed by atoms with Crippen LogP contribution in [0.15, 0.2) is 52.9 Å². The molecule has 0 bridgehead atoms. The highest BCUT2D eigenvalue weighted by Crippen LogP contribution is 2.30. The van der Waals surface area contributed by atoms with Gasteiger partial charge in [-0.05, 0) is 30.4 Å². The number of likely N-dealkylation sites (N-methyl/N-ethyl adjacent to an activating group) is 1. The molecule has 1 aliphatic rings. The topological polar surface area (TPSA) is 60.3 Å². The minimum Gasteiger partial charge on any atom is -0.378 e. The van der Waals surface area contributed by atoms with E-state index in [2.05, 4.69) is 15.5 Å². The molecule has 1 unspecified atom stereocenters. The lowest BCUT2D eigenvalue weighted by atomic mass is 10.2. The first-order valence-corrected chi connectivity index (χ1v) is 7.04. The van der Waals surface area contributed by atoms with Gasteiger partial charge in [0.2, 0.25) is 5.91 Å². The highest BCUT2D eigenvalue weighted by molar-refractivity contribution is 5.92. The number of benzene rings is 1. The van der Waals surface area contributed by atoms with Crippen LogP contribution in [0.1, 0.15) is 6.92 Å². The third kappa shape index (κ3) is 3.94. The maximum absolute atomic E-state index is 11.4. The molecule has 1 atom stereocenters. The first-order valence-electron chi connectivity index (χ1n) is 7.04. The van der Waals surface area contributed by atoms with Crippen LogP contribution in [0, 0.1) is 0 Å². The van der Waals surface area contributed by atoms with Crippen LogP contribution in [-0.4, -0.2) is 38.1 Å². The Bertz CT molecular complexity index is 633. The molecule has 0 spiro atoms. The Morgan fingerprint density at radius 3 is 2.73 bits per heavy atom. The smallest absolute Gasteiger partial charge is 0.221 e. The molecular formula is C16H21N5O. The van der Waals surface area contributed by atoms with E-state index in [-0.39, 0.29) is 12.1 Å². The summed E-state index contributed by atoms with van der Waals surface area (Å²) >= 11 is 0. The Morgan fingerprint density at radius 1 is 1.32 bits per heavy atom. The average molecular weight is 299 g/mol. The van der Waals surface area contributed by atoms with Crippen LogP contribution in [0.5, 0.6) is 0 Å². The summed E-state index contributed by atoms with van der Waals surface area (Å²) in [6.45, 7) is 1.48. The number of allylic oxidation sites excluding steroid dienone is 2. The van der Waals surface area contributed by atoms with Crippen molar-refractivity contribution in [3.8, 4) is 0 Å². The van der Waals surface area contributed by atoms with E-state index in [0.29, 0.717) is 11.4 Å². The number of nitrogens with zero attached hydrogens (tertiary/aromatic N) is 4. The zero-order valence-corrected chi connectivity index (χ0v) is 13.3. The van der Waals surface area contributed by atoms with E-state index in [9.17, 15) is 4.79 Å². The Balaban J connectivity index is 2.27. The van der Waals surface area contributed by atoms with Gasteiger partial charge in [0.25, 0.3) is 0 Å². The van der Waals surface area contributed by atoms with E-state index in [0.717, 1.165) is 5.69 Å². The number of carbonyl (C=O) groups excluding carboxylic acids is 1. The van der Waals surface area contributed by atoms with Gasteiger partial charge in [0.05, 0.1) is 5.69 Å². The number of carbonyl (C=O) groups is 1. The molecule has 1 aliphatic heterocycles. The largest absolute Gasteiger partial charge is 0.378 e. The lowest BCUT2D eigenvalue weighted by Gasteiger charge is -2.21. The quantitative estimate of drug-likeness (QED) is 0.869. The van der Waals surface area contributed by atoms with Crippen LogP contribution in [0.4, 0.5) is 17.1 Å². The fourth-order valence-electron chi connectivity index (χ4n) is 1.99. The van der Waals surface area contributed by atoms with Gasteiger partial charge >= 0.3 is 0 Å². The highest BCUT2D eigenvalue weighted by Gasteiger charge is 2.10. The standard InChI is InChI=1S/C16H21N5O/c1-12(22)17-15-11-13(20(2)3)8-9-14(15)18-19-16-7-5-6-10-21(16)4/h5-11,16H,1-4H3,(H,17,22). The molecule has 2 rings (SSSR count). The van der Waals surface area contributed by atoms with Crippen molar-refractivity contribution in [3.63, 3.8) is 0 Å². The summed E-state index contributed by atoms with van der Waals surface area (Å²) in [6.07, 6.45) is 7.64. The number of hydrogen-bond acceptors (Lipinski definition) is 5. The Hall–Kier alpha value is -2.63. The van der Waals surface area contributed by atoms with Gasteiger partial charge in [-0.15, -0.1) is 0 Å². The van der Waals surface area contributed by atoms with E-state index in [1.54, 1.807) is 0 Å². The van der Waals surface area contributed by atoms with E-state index < -0.39 is 0 Å². The normalized spacial score (nSPS) is 17.1. The molecule has 1 heterocycles. The maximum Gasteiger partial charge on any atom is 0.221 e. The number of anilines is 2. The maximum atomic E-state index is 11.4. The van der Waals surface area contributed by atoms with Gasteiger partial charge in [0, 0.05) is 40.0 Å². The van der Waals surface area contributed by atoms with Gasteiger partial charge in [-0.25, -0.2) is 0 Å². The lowest BCUT2D eigenvalue weighted by molar-refractivity contribution is -0.114. The number of nitrogens with one attached hydrogen (secondary N) is 1. The van der Waals surface area contributed by atoms with Crippen molar-refractivity contribution in [2.75, 3.05) is 31.4 Å². The summed E-state index contributed by atoms with van der Waals surface area (Å²) in [5.41, 5.74) is 2.28. The number of rotatable bonds is 4. The zero-order valence-electron chi connectivity index (χ0n) is 13.3. The number of amides is 1. The van der Waals surface area contributed by atoms with E-state index in [1.807, 2.05) is 73.6 Å². The molecule has 0 fully saturated rings. The second-order valence-electron chi connectivity index (χ2n) is 5.30. The van der Waals surface area contributed by atoms with Crippen molar-refractivity contribution in [1.29, 1.82) is 0 Å². The fraction of sp³-hybridized carbons (Fsp3) is 0.312. The molecular weight excluding hydrogens is 278 g/mol. The summed E-state index contributed by atoms with van der Waals surface area (Å²) in [5, 5.41) is 11.4. The van der Waals surface area contributed by atoms with Gasteiger partial charge in [-0.2, -0.15) is 10.2 Å². The minimum absolute atomic E-state index is 0.134. The second-order valence-corrected chi connectivity index (χ2v) is 5.30. The van der Waals surface area contributed by atoms with Crippen LogP contribution in [-0.2, 0) is 4.79 Å². The van der Waals surface area contributed by atoms with Crippen LogP contribution in [0.3, 0.4) is 0 Å². The van der Waals surface area contributed by atoms with E-state index in [4.69, 9.17) is 0 Å². The summed E-state index contributed by atoms with van der Waals surface area (Å²) in [5.74, 6) is -0.134. The SMILES string of the molecule is CC(=O)Nc1cc(N(C)C)ccc1N=NC1C=CC=CN1C. The minimum atomic E-state index is -0.135. The molecule has 1 N–H and O–H groups in total.